The van der Waals surface area contributed by atoms with Gasteiger partial charge >= 0.3 is 0 Å². The Morgan fingerprint density at radius 1 is 1.57 bits per heavy atom. The number of hydrogen-bond acceptors (Lipinski definition) is 6. The molecule has 6 nitrogen and oxygen atoms in total. The van der Waals surface area contributed by atoms with Crippen LogP contribution in [-0.2, 0) is 11.2 Å². The van der Waals surface area contributed by atoms with Gasteiger partial charge in [-0.2, -0.15) is 4.98 Å². The summed E-state index contributed by atoms with van der Waals surface area (Å²) in [4.78, 5) is 17.2. The van der Waals surface area contributed by atoms with Crippen molar-refractivity contribution in [1.82, 2.24) is 15.5 Å². The van der Waals surface area contributed by atoms with Crippen LogP contribution in [0.4, 0.5) is 0 Å². The molecule has 1 unspecified atom stereocenters. The Morgan fingerprint density at radius 3 is 3.10 bits per heavy atom. The summed E-state index contributed by atoms with van der Waals surface area (Å²) in [5, 5.41) is 8.87. The molecule has 0 bridgehead atoms. The number of aryl methyl sites for hydroxylation is 1. The first-order chi connectivity index (χ1) is 10.3. The Bertz CT molecular complexity index is 592. The number of nitrogens with zero attached hydrogens (tertiary/aromatic N) is 2. The van der Waals surface area contributed by atoms with E-state index in [1.165, 1.54) is 0 Å². The number of hydrogen-bond donors (Lipinski definition) is 2. The molecule has 1 fully saturated rings. The molecule has 1 amide bonds. The maximum Gasteiger partial charge on any atom is 0.227 e. The zero-order valence-corrected chi connectivity index (χ0v) is 12.4. The van der Waals surface area contributed by atoms with E-state index in [2.05, 4.69) is 15.5 Å². The first-order valence-corrected chi connectivity index (χ1v) is 8.00. The average molecular weight is 306 g/mol. The number of nitrogens with two attached hydrogens (primary N) is 1. The highest BCUT2D eigenvalue weighted by Gasteiger charge is 2.31. The van der Waals surface area contributed by atoms with Crippen molar-refractivity contribution in [2.24, 2.45) is 11.7 Å². The zero-order valence-electron chi connectivity index (χ0n) is 11.6. The lowest BCUT2D eigenvalue weighted by Gasteiger charge is -2.15. The van der Waals surface area contributed by atoms with Crippen LogP contribution in [0.15, 0.2) is 22.0 Å². The van der Waals surface area contributed by atoms with E-state index in [9.17, 15) is 4.79 Å². The highest BCUT2D eigenvalue weighted by molar-refractivity contribution is 7.13. The minimum Gasteiger partial charge on any atom is -0.352 e. The molecule has 21 heavy (non-hydrogen) atoms. The van der Waals surface area contributed by atoms with Gasteiger partial charge in [-0.05, 0) is 30.2 Å². The third-order valence-electron chi connectivity index (χ3n) is 3.57. The van der Waals surface area contributed by atoms with Crippen molar-refractivity contribution in [3.63, 3.8) is 0 Å². The predicted molar refractivity (Wildman–Crippen MR) is 79.6 cm³/mol. The number of aromatic nitrogens is 2. The lowest BCUT2D eigenvalue weighted by atomic mass is 10.1. The van der Waals surface area contributed by atoms with E-state index >= 15 is 0 Å². The Balaban J connectivity index is 1.49. The van der Waals surface area contributed by atoms with Gasteiger partial charge in [-0.25, -0.2) is 0 Å². The number of amides is 1. The molecule has 1 atom stereocenters. The summed E-state index contributed by atoms with van der Waals surface area (Å²) in [5.74, 6) is 1.63. The van der Waals surface area contributed by atoms with E-state index in [4.69, 9.17) is 10.3 Å². The number of thiophene rings is 1. The smallest absolute Gasteiger partial charge is 0.227 e. The van der Waals surface area contributed by atoms with Crippen molar-refractivity contribution in [1.29, 1.82) is 0 Å². The first kappa shape index (κ1) is 14.2. The van der Waals surface area contributed by atoms with E-state index in [1.54, 1.807) is 11.3 Å². The average Bonchev–Trinajstić information content (AvgIpc) is 3.01. The molecule has 1 aliphatic rings. The lowest BCUT2D eigenvalue weighted by Crippen LogP contribution is -2.41. The molecule has 0 radical (unpaired) electrons. The molecule has 2 aromatic heterocycles. The van der Waals surface area contributed by atoms with Gasteiger partial charge in [-0.1, -0.05) is 11.2 Å². The summed E-state index contributed by atoms with van der Waals surface area (Å²) in [6, 6.07) is 3.99. The molecule has 0 aromatic carbocycles. The molecule has 3 rings (SSSR count). The number of nitrogens with one attached hydrogen (secondary N) is 1. The van der Waals surface area contributed by atoms with E-state index in [-0.39, 0.29) is 11.9 Å². The van der Waals surface area contributed by atoms with Crippen molar-refractivity contribution in [2.45, 2.75) is 31.7 Å². The number of carbonyl (C=O) groups is 1. The van der Waals surface area contributed by atoms with Crippen LogP contribution in [0.1, 0.15) is 25.2 Å². The van der Waals surface area contributed by atoms with Crippen LogP contribution in [0.5, 0.6) is 0 Å². The predicted octanol–water partition coefficient (Wildman–Crippen LogP) is 1.58. The Morgan fingerprint density at radius 2 is 2.43 bits per heavy atom. The number of rotatable bonds is 7. The maximum absolute atomic E-state index is 11.9. The van der Waals surface area contributed by atoms with Crippen LogP contribution in [-0.4, -0.2) is 28.6 Å². The van der Waals surface area contributed by atoms with Crippen LogP contribution in [0, 0.1) is 5.92 Å². The van der Waals surface area contributed by atoms with E-state index < -0.39 is 0 Å². The summed E-state index contributed by atoms with van der Waals surface area (Å²) in [6.45, 7) is 0.499. The normalized spacial score (nSPS) is 15.9. The van der Waals surface area contributed by atoms with E-state index in [0.717, 1.165) is 17.7 Å². The quantitative estimate of drug-likeness (QED) is 0.810. The summed E-state index contributed by atoms with van der Waals surface area (Å²) in [7, 11) is 0. The largest absolute Gasteiger partial charge is 0.352 e. The number of carbonyl (C=O) groups excluding carboxylic acids is 1. The topological polar surface area (TPSA) is 94.0 Å². The second-order valence-corrected chi connectivity index (χ2v) is 6.18. The fraction of sp³-hybridized carbons (Fsp3) is 0.500. The summed E-state index contributed by atoms with van der Waals surface area (Å²) in [5.41, 5.74) is 5.67. The molecule has 1 aliphatic carbocycles. The van der Waals surface area contributed by atoms with E-state index in [0.29, 0.717) is 37.0 Å². The van der Waals surface area contributed by atoms with Crippen LogP contribution >= 0.6 is 11.3 Å². The fourth-order valence-corrected chi connectivity index (χ4v) is 2.88. The van der Waals surface area contributed by atoms with Gasteiger partial charge in [-0.3, -0.25) is 4.79 Å². The SMILES string of the molecule is NCC(NC(=O)CCc1nc(-c2cccs2)no1)C1CC1. The molecule has 1 saturated carbocycles. The summed E-state index contributed by atoms with van der Waals surface area (Å²) < 4.78 is 5.17. The molecule has 0 saturated heterocycles. The molecule has 0 aliphatic heterocycles. The first-order valence-electron chi connectivity index (χ1n) is 7.12. The van der Waals surface area contributed by atoms with Gasteiger partial charge in [0.15, 0.2) is 0 Å². The molecule has 2 heterocycles. The third kappa shape index (κ3) is 3.68. The van der Waals surface area contributed by atoms with Crippen molar-refractivity contribution in [3.05, 3.63) is 23.4 Å². The molecule has 0 spiro atoms. The zero-order chi connectivity index (χ0) is 14.7. The van der Waals surface area contributed by atoms with Gasteiger partial charge in [-0.15, -0.1) is 11.3 Å². The fourth-order valence-electron chi connectivity index (χ4n) is 2.23. The minimum absolute atomic E-state index is 0.00627. The maximum atomic E-state index is 11.9. The summed E-state index contributed by atoms with van der Waals surface area (Å²) in [6.07, 6.45) is 3.12. The third-order valence-corrected chi connectivity index (χ3v) is 4.43. The highest BCUT2D eigenvalue weighted by atomic mass is 32.1. The molecule has 2 aromatic rings. The lowest BCUT2D eigenvalue weighted by molar-refractivity contribution is -0.121. The Labute approximate surface area is 126 Å². The van der Waals surface area contributed by atoms with Gasteiger partial charge in [0.1, 0.15) is 0 Å². The van der Waals surface area contributed by atoms with Crippen molar-refractivity contribution in [2.75, 3.05) is 6.54 Å². The molecule has 7 heteroatoms. The Kier molecular flexibility index (Phi) is 4.31. The van der Waals surface area contributed by atoms with Crippen LogP contribution in [0.25, 0.3) is 10.7 Å². The van der Waals surface area contributed by atoms with Crippen molar-refractivity contribution in [3.8, 4) is 10.7 Å². The molecule has 3 N–H and O–H groups in total. The monoisotopic (exact) mass is 306 g/mol. The van der Waals surface area contributed by atoms with Gasteiger partial charge < -0.3 is 15.6 Å². The standard InChI is InChI=1S/C14H18N4O2S/c15-8-10(9-3-4-9)16-12(19)5-6-13-17-14(18-20-13)11-2-1-7-21-11/h1-2,7,9-10H,3-6,8,15H2,(H,16,19). The van der Waals surface area contributed by atoms with E-state index in [1.807, 2.05) is 17.5 Å². The van der Waals surface area contributed by atoms with Crippen LogP contribution in [0.2, 0.25) is 0 Å². The molecular weight excluding hydrogens is 288 g/mol. The van der Waals surface area contributed by atoms with Crippen LogP contribution in [0.3, 0.4) is 0 Å². The minimum atomic E-state index is -0.00627. The van der Waals surface area contributed by atoms with Crippen LogP contribution < -0.4 is 11.1 Å². The van der Waals surface area contributed by atoms with Gasteiger partial charge in [0.25, 0.3) is 0 Å². The molecular formula is C14H18N4O2S. The Hall–Kier alpha value is -1.73. The van der Waals surface area contributed by atoms with Gasteiger partial charge in [0.05, 0.1) is 4.88 Å². The van der Waals surface area contributed by atoms with Crippen molar-refractivity contribution >= 4 is 17.2 Å². The highest BCUT2D eigenvalue weighted by Crippen LogP contribution is 2.32. The van der Waals surface area contributed by atoms with Crippen molar-refractivity contribution < 1.29 is 9.32 Å². The second kappa shape index (κ2) is 6.36. The van der Waals surface area contributed by atoms with Gasteiger partial charge in [0.2, 0.25) is 17.6 Å². The molecule has 112 valence electrons. The second-order valence-electron chi connectivity index (χ2n) is 5.24. The van der Waals surface area contributed by atoms with Gasteiger partial charge in [0, 0.05) is 25.4 Å². The summed E-state index contributed by atoms with van der Waals surface area (Å²) >= 11 is 1.56.